The van der Waals surface area contributed by atoms with Crippen molar-refractivity contribution in [3.63, 3.8) is 0 Å². The fourth-order valence-corrected chi connectivity index (χ4v) is 5.24. The number of fused-ring (bicyclic) bond motifs is 3. The van der Waals surface area contributed by atoms with Gasteiger partial charge < -0.3 is 4.74 Å². The van der Waals surface area contributed by atoms with Gasteiger partial charge in [0.2, 0.25) is 0 Å². The maximum atomic E-state index is 5.96. The van der Waals surface area contributed by atoms with E-state index in [2.05, 4.69) is 35.5 Å². The Morgan fingerprint density at radius 2 is 1.91 bits per heavy atom. The molecule has 2 aliphatic rings. The zero-order valence-corrected chi connectivity index (χ0v) is 14.7. The highest BCUT2D eigenvalue weighted by atomic mass is 35.5. The van der Waals surface area contributed by atoms with E-state index in [9.17, 15) is 0 Å². The van der Waals surface area contributed by atoms with Gasteiger partial charge in [0.05, 0.1) is 0 Å². The second kappa shape index (κ2) is 6.02. The van der Waals surface area contributed by atoms with E-state index in [-0.39, 0.29) is 0 Å². The number of hydrogen-bond acceptors (Lipinski definition) is 4. The van der Waals surface area contributed by atoms with Gasteiger partial charge in [0.25, 0.3) is 0 Å². The van der Waals surface area contributed by atoms with Crippen molar-refractivity contribution in [2.24, 2.45) is 0 Å². The minimum atomic E-state index is 0.406. The Labute approximate surface area is 146 Å². The summed E-state index contributed by atoms with van der Waals surface area (Å²) in [6.45, 7) is 0. The zero-order chi connectivity index (χ0) is 16.0. The fraction of sp³-hybridized carbons (Fsp3) is 0.333. The van der Waals surface area contributed by atoms with Crippen molar-refractivity contribution in [2.45, 2.75) is 23.2 Å². The predicted octanol–water partition coefficient (Wildman–Crippen LogP) is 4.28. The van der Waals surface area contributed by atoms with Crippen LogP contribution in [0.2, 0.25) is 5.02 Å². The van der Waals surface area contributed by atoms with E-state index in [1.54, 1.807) is 0 Å². The third-order valence-electron chi connectivity index (χ3n) is 4.61. The van der Waals surface area contributed by atoms with Crippen molar-refractivity contribution < 1.29 is 4.74 Å². The number of benzene rings is 2. The van der Waals surface area contributed by atoms with Gasteiger partial charge in [-0.25, -0.2) is 0 Å². The second-order valence-electron chi connectivity index (χ2n) is 6.05. The number of nitrogens with one attached hydrogen (secondary N) is 1. The highest BCUT2D eigenvalue weighted by Gasteiger charge is 2.44. The Balaban J connectivity index is 1.57. The number of hydrogen-bond donors (Lipinski definition) is 1. The summed E-state index contributed by atoms with van der Waals surface area (Å²) in [5, 5.41) is 4.72. The minimum absolute atomic E-state index is 0.406. The van der Waals surface area contributed by atoms with Crippen LogP contribution in [0.1, 0.15) is 17.2 Å². The van der Waals surface area contributed by atoms with Gasteiger partial charge in [0.15, 0.2) is 0 Å². The summed E-state index contributed by atoms with van der Waals surface area (Å²) < 4.78 is 5.96. The van der Waals surface area contributed by atoms with Crippen molar-refractivity contribution in [3.8, 4) is 11.5 Å². The lowest BCUT2D eigenvalue weighted by Crippen LogP contribution is -2.35. The molecule has 0 aromatic heterocycles. The van der Waals surface area contributed by atoms with Gasteiger partial charge in [-0.05, 0) is 68.0 Å². The average Bonchev–Trinajstić information content (AvgIpc) is 3.05. The van der Waals surface area contributed by atoms with Crippen LogP contribution in [0.4, 0.5) is 0 Å². The van der Waals surface area contributed by atoms with E-state index in [0.717, 1.165) is 22.9 Å². The molecule has 0 amide bonds. The molecule has 1 saturated heterocycles. The first-order valence-electron chi connectivity index (χ1n) is 7.76. The Morgan fingerprint density at radius 1 is 1.17 bits per heavy atom. The smallest absolute Gasteiger partial charge is 0.127 e. The molecule has 23 heavy (non-hydrogen) atoms. The van der Waals surface area contributed by atoms with Crippen LogP contribution in [0.25, 0.3) is 0 Å². The van der Waals surface area contributed by atoms with Crippen LogP contribution >= 0.6 is 23.4 Å². The maximum absolute atomic E-state index is 5.96. The summed E-state index contributed by atoms with van der Waals surface area (Å²) in [4.78, 5) is 2.43. The third-order valence-corrected chi connectivity index (χ3v) is 6.47. The third kappa shape index (κ3) is 2.74. The molecule has 1 N–H and O–H groups in total. The number of ether oxygens (including phenoxy) is 1. The van der Waals surface area contributed by atoms with Gasteiger partial charge >= 0.3 is 0 Å². The lowest BCUT2D eigenvalue weighted by atomic mass is 10.1. The van der Waals surface area contributed by atoms with Gasteiger partial charge in [-0.15, -0.1) is 11.8 Å². The van der Waals surface area contributed by atoms with Gasteiger partial charge in [0, 0.05) is 16.3 Å². The highest BCUT2D eigenvalue weighted by Crippen LogP contribution is 2.50. The largest absolute Gasteiger partial charge is 0.457 e. The fourth-order valence-electron chi connectivity index (χ4n) is 3.56. The summed E-state index contributed by atoms with van der Waals surface area (Å²) >= 11 is 7.93. The molecule has 0 saturated carbocycles. The zero-order valence-electron chi connectivity index (χ0n) is 13.1. The molecular weight excluding hydrogens is 328 g/mol. The molecule has 3 nitrogen and oxygen atoms in total. The van der Waals surface area contributed by atoms with Crippen molar-refractivity contribution in [1.82, 2.24) is 10.2 Å². The molecule has 3 atom stereocenters. The van der Waals surface area contributed by atoms with Crippen LogP contribution in [-0.2, 0) is 6.42 Å². The number of halogens is 1. The molecule has 1 fully saturated rings. The quantitative estimate of drug-likeness (QED) is 0.896. The van der Waals surface area contributed by atoms with E-state index in [0.29, 0.717) is 16.8 Å². The molecule has 2 aromatic carbocycles. The second-order valence-corrected chi connectivity index (χ2v) is 7.81. The Kier molecular flexibility index (Phi) is 4.01. The standard InChI is InChI=1S/C18H19ClN2OS/c1-20-18-21(2)17-15-8-7-14(9-11(15)10-16(17)23-18)22-13-5-3-12(19)4-6-13/h3-9,16-18,20H,10H2,1-2H3. The van der Waals surface area contributed by atoms with Crippen LogP contribution in [0.15, 0.2) is 42.5 Å². The first-order chi connectivity index (χ1) is 11.2. The van der Waals surface area contributed by atoms with Gasteiger partial charge in [-0.2, -0.15) is 0 Å². The van der Waals surface area contributed by atoms with Gasteiger partial charge in [0.1, 0.15) is 17.0 Å². The summed E-state index contributed by atoms with van der Waals surface area (Å²) in [6, 6.07) is 14.5. The number of nitrogens with zero attached hydrogens (tertiary/aromatic N) is 1. The average molecular weight is 347 g/mol. The Bertz CT molecular complexity index is 721. The molecule has 0 bridgehead atoms. The van der Waals surface area contributed by atoms with Crippen molar-refractivity contribution in [2.75, 3.05) is 14.1 Å². The van der Waals surface area contributed by atoms with Gasteiger partial charge in [-0.3, -0.25) is 10.2 Å². The van der Waals surface area contributed by atoms with E-state index in [1.807, 2.05) is 43.1 Å². The molecule has 3 unspecified atom stereocenters. The molecule has 1 aliphatic carbocycles. The molecule has 2 aromatic rings. The monoisotopic (exact) mass is 346 g/mol. The topological polar surface area (TPSA) is 24.5 Å². The van der Waals surface area contributed by atoms with E-state index in [1.165, 1.54) is 11.1 Å². The van der Waals surface area contributed by atoms with Crippen LogP contribution < -0.4 is 10.1 Å². The molecule has 1 aliphatic heterocycles. The molecule has 120 valence electrons. The molecule has 0 spiro atoms. The minimum Gasteiger partial charge on any atom is -0.457 e. The first kappa shape index (κ1) is 15.3. The molecule has 1 heterocycles. The molecule has 5 heteroatoms. The van der Waals surface area contributed by atoms with Crippen LogP contribution in [-0.4, -0.2) is 29.7 Å². The Hall–Kier alpha value is -1.20. The summed E-state index contributed by atoms with van der Waals surface area (Å²) in [6.07, 6.45) is 1.10. The lowest BCUT2D eigenvalue weighted by Gasteiger charge is -2.24. The van der Waals surface area contributed by atoms with Crippen LogP contribution in [0.3, 0.4) is 0 Å². The van der Waals surface area contributed by atoms with E-state index in [4.69, 9.17) is 16.3 Å². The van der Waals surface area contributed by atoms with Crippen molar-refractivity contribution in [1.29, 1.82) is 0 Å². The maximum Gasteiger partial charge on any atom is 0.127 e. The van der Waals surface area contributed by atoms with Crippen molar-refractivity contribution in [3.05, 3.63) is 58.6 Å². The molecular formula is C18H19ClN2OS. The molecule has 0 radical (unpaired) electrons. The highest BCUT2D eigenvalue weighted by molar-refractivity contribution is 8.00. The predicted molar refractivity (Wildman–Crippen MR) is 96.4 cm³/mol. The Morgan fingerprint density at radius 3 is 2.65 bits per heavy atom. The van der Waals surface area contributed by atoms with E-state index < -0.39 is 0 Å². The molecule has 4 rings (SSSR count). The summed E-state index contributed by atoms with van der Waals surface area (Å²) in [5.74, 6) is 1.71. The van der Waals surface area contributed by atoms with Crippen LogP contribution in [0, 0.1) is 0 Å². The van der Waals surface area contributed by atoms with Crippen molar-refractivity contribution >= 4 is 23.4 Å². The number of rotatable bonds is 3. The van der Waals surface area contributed by atoms with Crippen LogP contribution in [0.5, 0.6) is 11.5 Å². The van der Waals surface area contributed by atoms with Gasteiger partial charge in [-0.1, -0.05) is 17.7 Å². The SMILES string of the molecule is CNC1SC2Cc3cc(Oc4ccc(Cl)cc4)ccc3C2N1C. The number of thioether (sulfide) groups is 1. The van der Waals surface area contributed by atoms with E-state index >= 15 is 0 Å². The first-order valence-corrected chi connectivity index (χ1v) is 9.08. The normalized spacial score (nSPS) is 26.1. The summed E-state index contributed by atoms with van der Waals surface area (Å²) in [5.41, 5.74) is 3.25. The lowest BCUT2D eigenvalue weighted by molar-refractivity contribution is 0.238. The summed E-state index contributed by atoms with van der Waals surface area (Å²) in [7, 11) is 4.23.